The van der Waals surface area contributed by atoms with E-state index in [1.165, 1.54) is 42.4 Å². The van der Waals surface area contributed by atoms with Crippen LogP contribution in [-0.4, -0.2) is 24.7 Å². The van der Waals surface area contributed by atoms with Gasteiger partial charge in [-0.1, -0.05) is 134 Å². The van der Waals surface area contributed by atoms with Crippen molar-refractivity contribution in [3.05, 3.63) is 269 Å². The molecule has 0 N–H and O–H groups in total. The van der Waals surface area contributed by atoms with Crippen LogP contribution in [0.4, 0.5) is 0 Å². The highest BCUT2D eigenvalue weighted by Crippen LogP contribution is 2.60. The third-order valence-corrected chi connectivity index (χ3v) is 17.0. The van der Waals surface area contributed by atoms with E-state index in [-0.39, 0.29) is 41.4 Å². The molecule has 0 bridgehead atoms. The molecule has 9 aromatic rings. The fourth-order valence-electron chi connectivity index (χ4n) is 11.8. The van der Waals surface area contributed by atoms with Crippen molar-refractivity contribution in [3.63, 3.8) is 0 Å². The SMILES string of the molecule is Cc1ccc(C(C(c2ccccn2)C(Cc2cccnc2)c2ccncc2)C(c2ccco2)C(c2cc3ccccc3s2)C(CC2=CC=CCC2=S)C(Cc2cccc3ccccc23)C2=CC=CCC2=S)o1. The largest absolute Gasteiger partial charge is 0.469 e. The summed E-state index contributed by atoms with van der Waals surface area (Å²) in [5, 5.41) is 3.70. The van der Waals surface area contributed by atoms with Gasteiger partial charge in [0, 0.05) is 92.5 Å². The van der Waals surface area contributed by atoms with Crippen molar-refractivity contribution in [2.75, 3.05) is 0 Å². The molecule has 0 fully saturated rings. The smallest absolute Gasteiger partial charge is 0.108 e. The van der Waals surface area contributed by atoms with Crippen molar-refractivity contribution in [1.29, 1.82) is 0 Å². The molecular weight excluding hydrogens is 939 g/mol. The van der Waals surface area contributed by atoms with Gasteiger partial charge >= 0.3 is 0 Å². The van der Waals surface area contributed by atoms with Gasteiger partial charge in [0.25, 0.3) is 0 Å². The number of furan rings is 2. The minimum absolute atomic E-state index is 0.0470. The molecule has 6 heterocycles. The maximum atomic E-state index is 7.12. The number of thiocarbonyl (C=S) groups is 2. The van der Waals surface area contributed by atoms with Gasteiger partial charge in [-0.25, -0.2) is 0 Å². The van der Waals surface area contributed by atoms with E-state index in [1.807, 2.05) is 60.7 Å². The Morgan fingerprint density at radius 2 is 1.40 bits per heavy atom. The van der Waals surface area contributed by atoms with Gasteiger partial charge in [-0.05, 0) is 155 Å². The number of nitrogens with zero attached hydrogens (tertiary/aromatic N) is 3. The van der Waals surface area contributed by atoms with Crippen LogP contribution < -0.4 is 0 Å². The van der Waals surface area contributed by atoms with E-state index >= 15 is 0 Å². The summed E-state index contributed by atoms with van der Waals surface area (Å²) in [6.45, 7) is 2.05. The predicted octanol–water partition coefficient (Wildman–Crippen LogP) is 16.6. The third kappa shape index (κ3) is 10.1. The molecule has 0 saturated heterocycles. The molecule has 72 heavy (non-hydrogen) atoms. The summed E-state index contributed by atoms with van der Waals surface area (Å²) >= 11 is 14.8. The van der Waals surface area contributed by atoms with Crippen LogP contribution >= 0.6 is 35.8 Å². The van der Waals surface area contributed by atoms with Crippen molar-refractivity contribution >= 4 is 66.4 Å². The fourth-order valence-corrected chi connectivity index (χ4v) is 13.6. The summed E-state index contributed by atoms with van der Waals surface area (Å²) in [6, 6.07) is 50.3. The Morgan fingerprint density at radius 3 is 2.15 bits per heavy atom. The van der Waals surface area contributed by atoms with Crippen molar-refractivity contribution in [1.82, 2.24) is 15.0 Å². The number of allylic oxidation sites excluding steroid dienone is 8. The summed E-state index contributed by atoms with van der Waals surface area (Å²) in [7, 11) is 0. The van der Waals surface area contributed by atoms with E-state index in [4.69, 9.17) is 38.3 Å². The predicted molar refractivity (Wildman–Crippen MR) is 302 cm³/mol. The van der Waals surface area contributed by atoms with Gasteiger partial charge in [0.2, 0.25) is 0 Å². The molecule has 11 rings (SSSR count). The van der Waals surface area contributed by atoms with Gasteiger partial charge in [-0.15, -0.1) is 11.3 Å². The lowest BCUT2D eigenvalue weighted by Crippen LogP contribution is -2.36. The first kappa shape index (κ1) is 47.4. The lowest BCUT2D eigenvalue weighted by molar-refractivity contribution is 0.213. The first-order chi connectivity index (χ1) is 35.5. The summed E-state index contributed by atoms with van der Waals surface area (Å²) in [4.78, 5) is 17.8. The maximum absolute atomic E-state index is 7.12. The van der Waals surface area contributed by atoms with Crippen molar-refractivity contribution < 1.29 is 8.83 Å². The van der Waals surface area contributed by atoms with Crippen molar-refractivity contribution in [2.45, 2.75) is 68.6 Å². The van der Waals surface area contributed by atoms with Crippen LogP contribution in [0.2, 0.25) is 0 Å². The second-order valence-corrected chi connectivity index (χ2v) is 21.3. The van der Waals surface area contributed by atoms with E-state index in [2.05, 4.69) is 181 Å². The molecule has 7 unspecified atom stereocenters. The molecule has 0 amide bonds. The Bertz CT molecular complexity index is 3400. The highest BCUT2D eigenvalue weighted by molar-refractivity contribution is 7.81. The highest BCUT2D eigenvalue weighted by atomic mass is 32.1. The lowest BCUT2D eigenvalue weighted by atomic mass is 9.59. The number of thiophene rings is 1. The van der Waals surface area contributed by atoms with Crippen LogP contribution in [0.25, 0.3) is 20.9 Å². The standard InChI is InChI=1S/C64H55N3O2S3/c1-42-28-29-56(69-42)64(61(54-23-10-11-33-67-54)51(45-30-34-65-35-31-45)37-43-15-13-32-66-41-43)63(55-24-14-36-68-55)62(60-40-48-18-4-9-27-59(48)72-60)53(39-47-17-3-7-25-57(47)70)52(50-22-6-8-26-58(50)71)38-46-20-12-19-44-16-2-5-21-49(44)46/h2-24,27-36,40-41,51-53,61-64H,25-26,37-39H2,1H3. The van der Waals surface area contributed by atoms with Crippen molar-refractivity contribution in [3.8, 4) is 0 Å². The zero-order valence-electron chi connectivity index (χ0n) is 40.2. The van der Waals surface area contributed by atoms with Gasteiger partial charge in [-0.2, -0.15) is 0 Å². The molecule has 8 heteroatoms. The number of fused-ring (bicyclic) bond motifs is 2. The number of rotatable bonds is 18. The van der Waals surface area contributed by atoms with Gasteiger partial charge in [0.15, 0.2) is 0 Å². The zero-order valence-corrected chi connectivity index (χ0v) is 42.6. The Kier molecular flexibility index (Phi) is 14.3. The molecule has 2 aliphatic carbocycles. The van der Waals surface area contributed by atoms with Crippen LogP contribution in [0.15, 0.2) is 233 Å². The minimum atomic E-state index is -0.329. The normalized spacial score (nSPS) is 16.7. The number of aryl methyl sites for hydroxylation is 1. The van der Waals surface area contributed by atoms with Crippen LogP contribution in [0.3, 0.4) is 0 Å². The fraction of sp³-hybridized carbons (Fsp3) is 0.203. The minimum Gasteiger partial charge on any atom is -0.469 e. The molecule has 7 atom stereocenters. The van der Waals surface area contributed by atoms with E-state index in [9.17, 15) is 0 Å². The number of pyridine rings is 3. The zero-order chi connectivity index (χ0) is 48.8. The molecule has 0 saturated carbocycles. The molecule has 2 aliphatic rings. The number of hydrogen-bond acceptors (Lipinski definition) is 8. The van der Waals surface area contributed by atoms with E-state index in [0.717, 1.165) is 69.5 Å². The summed E-state index contributed by atoms with van der Waals surface area (Å²) < 4.78 is 15.3. The van der Waals surface area contributed by atoms with Crippen LogP contribution in [0, 0.1) is 18.8 Å². The van der Waals surface area contributed by atoms with Crippen LogP contribution in [0.1, 0.15) is 93.4 Å². The Morgan fingerprint density at radius 1 is 0.611 bits per heavy atom. The average molecular weight is 994 g/mol. The van der Waals surface area contributed by atoms with Crippen LogP contribution in [-0.2, 0) is 12.8 Å². The number of hydrogen-bond donors (Lipinski definition) is 0. The monoisotopic (exact) mass is 993 g/mol. The summed E-state index contributed by atoms with van der Waals surface area (Å²) in [6.07, 6.45) is 28.4. The number of benzene rings is 3. The van der Waals surface area contributed by atoms with Gasteiger partial charge < -0.3 is 8.83 Å². The first-order valence-corrected chi connectivity index (χ1v) is 26.6. The maximum Gasteiger partial charge on any atom is 0.108 e. The molecule has 0 radical (unpaired) electrons. The van der Waals surface area contributed by atoms with E-state index < -0.39 is 0 Å². The van der Waals surface area contributed by atoms with Gasteiger partial charge in [-0.3, -0.25) is 15.0 Å². The topological polar surface area (TPSA) is 65.0 Å². The summed E-state index contributed by atoms with van der Waals surface area (Å²) in [5.41, 5.74) is 6.97. The first-order valence-electron chi connectivity index (χ1n) is 25.0. The molecule has 6 aromatic heterocycles. The van der Waals surface area contributed by atoms with Crippen molar-refractivity contribution in [2.24, 2.45) is 11.8 Å². The van der Waals surface area contributed by atoms with Gasteiger partial charge in [0.05, 0.1) is 6.26 Å². The van der Waals surface area contributed by atoms with E-state index in [0.29, 0.717) is 6.42 Å². The highest BCUT2D eigenvalue weighted by Gasteiger charge is 2.50. The third-order valence-electron chi connectivity index (χ3n) is 15.0. The van der Waals surface area contributed by atoms with Gasteiger partial charge in [0.1, 0.15) is 17.3 Å². The Balaban J connectivity index is 1.23. The average Bonchev–Trinajstić information content (AvgIpc) is 4.22. The molecule has 356 valence electrons. The summed E-state index contributed by atoms with van der Waals surface area (Å²) in [5.74, 6) is 1.32. The molecule has 3 aromatic carbocycles. The quantitative estimate of drug-likeness (QED) is 0.0794. The molecule has 0 spiro atoms. The molecular formula is C64H55N3O2S3. The second-order valence-electron chi connectivity index (χ2n) is 19.2. The second kappa shape index (κ2) is 21.8. The number of aromatic nitrogens is 3. The van der Waals surface area contributed by atoms with Crippen LogP contribution in [0.5, 0.6) is 0 Å². The Labute approximate surface area is 436 Å². The van der Waals surface area contributed by atoms with E-state index in [1.54, 1.807) is 0 Å². The molecule has 5 nitrogen and oxygen atoms in total. The Hall–Kier alpha value is -6.97. The molecule has 0 aliphatic heterocycles. The lowest BCUT2D eigenvalue weighted by Gasteiger charge is -2.45.